The van der Waals surface area contributed by atoms with E-state index < -0.39 is 10.0 Å². The minimum Gasteiger partial charge on any atom is -0.339 e. The molecule has 1 amide bonds. The van der Waals surface area contributed by atoms with Crippen molar-refractivity contribution in [1.29, 1.82) is 0 Å². The number of nitrogens with zero attached hydrogens (tertiary/aromatic N) is 1. The molecule has 0 bridgehead atoms. The quantitative estimate of drug-likeness (QED) is 0.828. The topological polar surface area (TPSA) is 78.5 Å². The third kappa shape index (κ3) is 4.05. The molecule has 148 valence electrons. The highest BCUT2D eigenvalue weighted by Gasteiger charge is 2.31. The van der Waals surface area contributed by atoms with Crippen molar-refractivity contribution < 1.29 is 13.2 Å². The van der Waals surface area contributed by atoms with E-state index in [1.54, 1.807) is 54.6 Å². The van der Waals surface area contributed by atoms with Crippen LogP contribution in [-0.2, 0) is 10.0 Å². The number of hydrogen-bond acceptors (Lipinski definition) is 4. The van der Waals surface area contributed by atoms with Crippen LogP contribution in [-0.4, -0.2) is 45.4 Å². The fourth-order valence-corrected chi connectivity index (χ4v) is 5.20. The maximum Gasteiger partial charge on any atom is 0.261 e. The molecule has 6 nitrogen and oxygen atoms in total. The summed E-state index contributed by atoms with van der Waals surface area (Å²) in [6.07, 6.45) is 2.04. The zero-order chi connectivity index (χ0) is 19.6. The van der Waals surface area contributed by atoms with Gasteiger partial charge in [-0.2, -0.15) is 0 Å². The Balaban J connectivity index is 1.48. The number of amides is 1. The molecular weight excluding hydrogens is 374 g/mol. The second-order valence-electron chi connectivity index (χ2n) is 7.55. The molecule has 2 fully saturated rings. The van der Waals surface area contributed by atoms with E-state index in [1.165, 1.54) is 0 Å². The van der Waals surface area contributed by atoms with Crippen molar-refractivity contribution >= 4 is 21.6 Å². The van der Waals surface area contributed by atoms with Gasteiger partial charge in [0.15, 0.2) is 0 Å². The average molecular weight is 400 g/mol. The van der Waals surface area contributed by atoms with E-state index in [2.05, 4.69) is 10.0 Å². The predicted molar refractivity (Wildman–Crippen MR) is 109 cm³/mol. The largest absolute Gasteiger partial charge is 0.339 e. The monoisotopic (exact) mass is 399 g/mol. The first-order valence-electron chi connectivity index (χ1n) is 9.71. The van der Waals surface area contributed by atoms with Crippen molar-refractivity contribution in [2.24, 2.45) is 11.8 Å². The molecule has 0 spiro atoms. The SMILES string of the molecule is O=C(c1cccc(NS(=O)(=O)c2ccccc2)c1)N1CC[C@@H]2CNC[C@@H]2CC1. The summed E-state index contributed by atoms with van der Waals surface area (Å²) < 4.78 is 27.6. The van der Waals surface area contributed by atoms with E-state index in [9.17, 15) is 13.2 Å². The summed E-state index contributed by atoms with van der Waals surface area (Å²) in [4.78, 5) is 15.1. The summed E-state index contributed by atoms with van der Waals surface area (Å²) in [6.45, 7) is 3.59. The molecule has 0 aromatic heterocycles. The van der Waals surface area contributed by atoms with Gasteiger partial charge >= 0.3 is 0 Å². The number of nitrogens with one attached hydrogen (secondary N) is 2. The summed E-state index contributed by atoms with van der Waals surface area (Å²) >= 11 is 0. The third-order valence-electron chi connectivity index (χ3n) is 5.72. The highest BCUT2D eigenvalue weighted by molar-refractivity contribution is 7.92. The van der Waals surface area contributed by atoms with Crippen LogP contribution in [0.25, 0.3) is 0 Å². The normalized spacial score (nSPS) is 22.4. The van der Waals surface area contributed by atoms with Crippen molar-refractivity contribution in [1.82, 2.24) is 10.2 Å². The summed E-state index contributed by atoms with van der Waals surface area (Å²) in [5, 5.41) is 3.44. The number of rotatable bonds is 4. The van der Waals surface area contributed by atoms with E-state index in [-0.39, 0.29) is 10.8 Å². The minimum absolute atomic E-state index is 0.0336. The van der Waals surface area contributed by atoms with Crippen LogP contribution < -0.4 is 10.0 Å². The van der Waals surface area contributed by atoms with Gasteiger partial charge in [0.25, 0.3) is 15.9 Å². The number of benzene rings is 2. The van der Waals surface area contributed by atoms with E-state index in [0.29, 0.717) is 23.1 Å². The lowest BCUT2D eigenvalue weighted by Crippen LogP contribution is -2.32. The Hall–Kier alpha value is -2.38. The molecule has 28 heavy (non-hydrogen) atoms. The van der Waals surface area contributed by atoms with Gasteiger partial charge in [-0.05, 0) is 68.1 Å². The third-order valence-corrected chi connectivity index (χ3v) is 7.12. The zero-order valence-electron chi connectivity index (χ0n) is 15.7. The molecule has 2 aliphatic heterocycles. The van der Waals surface area contributed by atoms with E-state index in [0.717, 1.165) is 39.0 Å². The van der Waals surface area contributed by atoms with E-state index in [1.807, 2.05) is 4.90 Å². The van der Waals surface area contributed by atoms with Gasteiger partial charge in [0.1, 0.15) is 0 Å². The number of fused-ring (bicyclic) bond motifs is 1. The van der Waals surface area contributed by atoms with Crippen LogP contribution in [0.4, 0.5) is 5.69 Å². The molecular formula is C21H25N3O3S. The molecule has 4 rings (SSSR count). The first kappa shape index (κ1) is 19.0. The fourth-order valence-electron chi connectivity index (χ4n) is 4.13. The molecule has 2 saturated heterocycles. The number of likely N-dealkylation sites (tertiary alicyclic amines) is 1. The van der Waals surface area contributed by atoms with E-state index >= 15 is 0 Å². The Labute approximate surface area is 166 Å². The lowest BCUT2D eigenvalue weighted by molar-refractivity contribution is 0.0758. The number of sulfonamides is 1. The van der Waals surface area contributed by atoms with Crippen LogP contribution in [0.1, 0.15) is 23.2 Å². The van der Waals surface area contributed by atoms with Crippen molar-refractivity contribution in [2.75, 3.05) is 30.9 Å². The van der Waals surface area contributed by atoms with Crippen LogP contribution in [0.5, 0.6) is 0 Å². The van der Waals surface area contributed by atoms with Gasteiger partial charge in [-0.25, -0.2) is 8.42 Å². The van der Waals surface area contributed by atoms with E-state index in [4.69, 9.17) is 0 Å². The smallest absolute Gasteiger partial charge is 0.261 e. The predicted octanol–water partition coefficient (Wildman–Crippen LogP) is 2.56. The van der Waals surface area contributed by atoms with Gasteiger partial charge < -0.3 is 10.2 Å². The Kier molecular flexibility index (Phi) is 5.37. The number of hydrogen-bond donors (Lipinski definition) is 2. The van der Waals surface area contributed by atoms with Gasteiger partial charge in [0.05, 0.1) is 4.90 Å². The Morgan fingerprint density at radius 1 is 0.964 bits per heavy atom. The van der Waals surface area contributed by atoms with Crippen LogP contribution in [0.2, 0.25) is 0 Å². The fraction of sp³-hybridized carbons (Fsp3) is 0.381. The molecule has 0 saturated carbocycles. The van der Waals surface area contributed by atoms with Crippen LogP contribution >= 0.6 is 0 Å². The Morgan fingerprint density at radius 3 is 2.32 bits per heavy atom. The van der Waals surface area contributed by atoms with Crippen molar-refractivity contribution in [3.8, 4) is 0 Å². The first-order valence-corrected chi connectivity index (χ1v) is 11.2. The Bertz CT molecular complexity index is 932. The highest BCUT2D eigenvalue weighted by Crippen LogP contribution is 2.28. The molecule has 7 heteroatoms. The molecule has 2 aromatic rings. The van der Waals surface area contributed by atoms with Crippen molar-refractivity contribution in [3.05, 3.63) is 60.2 Å². The first-order chi connectivity index (χ1) is 13.5. The van der Waals surface area contributed by atoms with Crippen LogP contribution in [0, 0.1) is 11.8 Å². The van der Waals surface area contributed by atoms with Gasteiger partial charge in [-0.1, -0.05) is 24.3 Å². The average Bonchev–Trinajstić information content (AvgIpc) is 3.06. The standard InChI is InChI=1S/C21H25N3O3S/c25-21(24-11-9-17-14-22-15-18(17)10-12-24)16-5-4-6-19(13-16)23-28(26,27)20-7-2-1-3-8-20/h1-8,13,17-18,22-23H,9-12,14-15H2/t17-,18+. The maximum atomic E-state index is 13.0. The van der Waals surface area contributed by atoms with Gasteiger partial charge in [-0.15, -0.1) is 0 Å². The zero-order valence-corrected chi connectivity index (χ0v) is 16.5. The molecule has 0 unspecified atom stereocenters. The number of carbonyl (C=O) groups is 1. The maximum absolute atomic E-state index is 13.0. The number of carbonyl (C=O) groups excluding carboxylic acids is 1. The molecule has 2 aromatic carbocycles. The Morgan fingerprint density at radius 2 is 1.64 bits per heavy atom. The number of anilines is 1. The van der Waals surface area contributed by atoms with Crippen LogP contribution in [0.15, 0.2) is 59.5 Å². The lowest BCUT2D eigenvalue weighted by Gasteiger charge is -2.21. The van der Waals surface area contributed by atoms with Crippen LogP contribution in [0.3, 0.4) is 0 Å². The molecule has 0 aliphatic carbocycles. The second kappa shape index (κ2) is 7.93. The summed E-state index contributed by atoms with van der Waals surface area (Å²) in [5.74, 6) is 1.28. The molecule has 0 radical (unpaired) electrons. The summed E-state index contributed by atoms with van der Waals surface area (Å²) in [7, 11) is -3.68. The van der Waals surface area contributed by atoms with Gasteiger partial charge in [-0.3, -0.25) is 9.52 Å². The van der Waals surface area contributed by atoms with Gasteiger partial charge in [0, 0.05) is 24.3 Å². The van der Waals surface area contributed by atoms with Crippen molar-refractivity contribution in [2.45, 2.75) is 17.7 Å². The molecule has 2 N–H and O–H groups in total. The lowest BCUT2D eigenvalue weighted by atomic mass is 9.92. The van der Waals surface area contributed by atoms with Gasteiger partial charge in [0.2, 0.25) is 0 Å². The summed E-state index contributed by atoms with van der Waals surface area (Å²) in [5.41, 5.74) is 0.907. The highest BCUT2D eigenvalue weighted by atomic mass is 32.2. The minimum atomic E-state index is -3.68. The molecule has 2 atom stereocenters. The summed E-state index contributed by atoms with van der Waals surface area (Å²) in [6, 6.07) is 15.0. The molecule has 2 heterocycles. The molecule has 2 aliphatic rings. The second-order valence-corrected chi connectivity index (χ2v) is 9.23. The van der Waals surface area contributed by atoms with Crippen molar-refractivity contribution in [3.63, 3.8) is 0 Å².